The van der Waals surface area contributed by atoms with Gasteiger partial charge in [0.25, 0.3) is 5.91 Å². The van der Waals surface area contributed by atoms with E-state index in [9.17, 15) is 24.0 Å². The first-order valence-corrected chi connectivity index (χ1v) is 11.2. The Morgan fingerprint density at radius 2 is 2.11 bits per heavy atom. The number of nitrogens with two attached hydrogens (primary N) is 1. The van der Waals surface area contributed by atoms with Crippen molar-refractivity contribution in [2.24, 2.45) is 10.7 Å². The van der Waals surface area contributed by atoms with E-state index in [-0.39, 0.29) is 58.7 Å². The SMILES string of the molecule is CN=C(C#N)C1=C(N)CN(C)C(=O)c2ccc(F)cc2[C@@H](C)Oc2cc1cnc2NC(=O)CNC(C)=O. The number of fused-ring (bicyclic) bond motifs is 3. The molecule has 2 heterocycles. The molecular formula is C25H26FN7O4. The number of hydrogen-bond acceptors (Lipinski definition) is 8. The van der Waals surface area contributed by atoms with Crippen LogP contribution >= 0.6 is 0 Å². The van der Waals surface area contributed by atoms with E-state index in [4.69, 9.17) is 10.5 Å². The van der Waals surface area contributed by atoms with Gasteiger partial charge in [0.2, 0.25) is 11.8 Å². The monoisotopic (exact) mass is 507 g/mol. The number of hydrogen-bond donors (Lipinski definition) is 3. The Morgan fingerprint density at radius 1 is 1.38 bits per heavy atom. The molecule has 0 radical (unpaired) electrons. The molecule has 1 aliphatic rings. The summed E-state index contributed by atoms with van der Waals surface area (Å²) in [6.07, 6.45) is 0.517. The molecule has 3 amide bonds. The number of halogens is 1. The average molecular weight is 508 g/mol. The lowest BCUT2D eigenvalue weighted by Crippen LogP contribution is -2.33. The Hall–Kier alpha value is -4.79. The van der Waals surface area contributed by atoms with Gasteiger partial charge >= 0.3 is 0 Å². The molecule has 0 aliphatic carbocycles. The van der Waals surface area contributed by atoms with Crippen LogP contribution in [0.2, 0.25) is 0 Å². The molecule has 2 bridgehead atoms. The number of aliphatic imine (C=N–C) groups is 1. The summed E-state index contributed by atoms with van der Waals surface area (Å²) in [6.45, 7) is 2.52. The molecule has 4 N–H and O–H groups in total. The van der Waals surface area contributed by atoms with Gasteiger partial charge in [-0.15, -0.1) is 0 Å². The maximum Gasteiger partial charge on any atom is 0.254 e. The van der Waals surface area contributed by atoms with Crippen molar-refractivity contribution in [2.45, 2.75) is 20.0 Å². The zero-order chi connectivity index (χ0) is 27.3. The van der Waals surface area contributed by atoms with Crippen LogP contribution in [0.3, 0.4) is 0 Å². The third kappa shape index (κ3) is 6.07. The van der Waals surface area contributed by atoms with Gasteiger partial charge in [-0.25, -0.2) is 9.37 Å². The first kappa shape index (κ1) is 26.8. The maximum absolute atomic E-state index is 14.2. The second-order valence-corrected chi connectivity index (χ2v) is 8.27. The molecular weight excluding hydrogens is 481 g/mol. The van der Waals surface area contributed by atoms with Crippen molar-refractivity contribution >= 4 is 34.8 Å². The van der Waals surface area contributed by atoms with E-state index >= 15 is 0 Å². The standard InChI is InChI=1S/C25H26FN7O4/c1-13-18-8-16(26)5-6-17(18)25(36)33(4)12-19(28)23(20(9-27)29-3)15-7-21(37-13)24(31-10-15)32-22(35)11-30-14(2)34/h5-8,10,13H,11-12,28H2,1-4H3,(H,30,34)(H,31,32,35)/t13-/m1/s1. The topological polar surface area (TPSA) is 163 Å². The van der Waals surface area contributed by atoms with Crippen molar-refractivity contribution in [3.63, 3.8) is 0 Å². The Labute approximate surface area is 212 Å². The van der Waals surface area contributed by atoms with Crippen LogP contribution in [-0.4, -0.2) is 60.5 Å². The summed E-state index contributed by atoms with van der Waals surface area (Å²) < 4.78 is 20.3. The van der Waals surface area contributed by atoms with Gasteiger partial charge < -0.3 is 26.0 Å². The molecule has 0 unspecified atom stereocenters. The lowest BCUT2D eigenvalue weighted by Gasteiger charge is -2.25. The fourth-order valence-corrected chi connectivity index (χ4v) is 3.77. The van der Waals surface area contributed by atoms with Crippen LogP contribution in [0, 0.1) is 17.1 Å². The van der Waals surface area contributed by atoms with Crippen molar-refractivity contribution in [1.82, 2.24) is 15.2 Å². The Balaban J connectivity index is 2.22. The van der Waals surface area contributed by atoms with Gasteiger partial charge in [0.1, 0.15) is 23.7 Å². The molecule has 1 aromatic carbocycles. The van der Waals surface area contributed by atoms with Gasteiger partial charge in [-0.3, -0.25) is 19.4 Å². The van der Waals surface area contributed by atoms with Crippen LogP contribution in [0.1, 0.15) is 41.4 Å². The quantitative estimate of drug-likeness (QED) is 0.531. The van der Waals surface area contributed by atoms with Gasteiger partial charge in [-0.1, -0.05) is 0 Å². The first-order valence-electron chi connectivity index (χ1n) is 11.2. The number of nitrogens with zero attached hydrogens (tertiary/aromatic N) is 4. The van der Waals surface area contributed by atoms with E-state index in [1.807, 2.05) is 6.07 Å². The molecule has 3 rings (SSSR count). The van der Waals surface area contributed by atoms with Crippen LogP contribution in [0.15, 0.2) is 41.2 Å². The number of allylic oxidation sites excluding steroid dienone is 1. The number of amides is 3. The zero-order valence-electron chi connectivity index (χ0n) is 20.8. The van der Waals surface area contributed by atoms with E-state index in [1.165, 1.54) is 56.4 Å². The highest BCUT2D eigenvalue weighted by molar-refractivity contribution is 6.32. The summed E-state index contributed by atoms with van der Waals surface area (Å²) in [7, 11) is 2.96. The van der Waals surface area contributed by atoms with Crippen LogP contribution in [0.25, 0.3) is 5.57 Å². The van der Waals surface area contributed by atoms with Crippen LogP contribution in [0.4, 0.5) is 10.2 Å². The number of aromatic nitrogens is 1. The van der Waals surface area contributed by atoms with E-state index in [1.54, 1.807) is 6.92 Å². The fraction of sp³-hybridized carbons (Fsp3) is 0.280. The summed E-state index contributed by atoms with van der Waals surface area (Å²) >= 11 is 0. The van der Waals surface area contributed by atoms with E-state index in [0.29, 0.717) is 5.56 Å². The summed E-state index contributed by atoms with van der Waals surface area (Å²) in [5.41, 5.74) is 7.59. The summed E-state index contributed by atoms with van der Waals surface area (Å²) in [5.74, 6) is -1.89. The minimum atomic E-state index is -0.856. The molecule has 1 aliphatic heterocycles. The molecule has 2 aromatic rings. The summed E-state index contributed by atoms with van der Waals surface area (Å²) in [6, 6.07) is 7.24. The molecule has 1 atom stereocenters. The molecule has 12 heteroatoms. The number of likely N-dealkylation sites (N-methyl/N-ethyl adjacent to an activating group) is 1. The highest BCUT2D eigenvalue weighted by Crippen LogP contribution is 2.34. The Kier molecular flexibility index (Phi) is 8.19. The van der Waals surface area contributed by atoms with Gasteiger partial charge in [-0.05, 0) is 31.2 Å². The molecule has 0 fully saturated rings. The van der Waals surface area contributed by atoms with Gasteiger partial charge in [0.05, 0.1) is 13.1 Å². The highest BCUT2D eigenvalue weighted by atomic mass is 19.1. The maximum atomic E-state index is 14.2. The lowest BCUT2D eigenvalue weighted by atomic mass is 9.98. The van der Waals surface area contributed by atoms with Crippen molar-refractivity contribution in [2.75, 3.05) is 32.5 Å². The lowest BCUT2D eigenvalue weighted by molar-refractivity contribution is -0.122. The van der Waals surface area contributed by atoms with Gasteiger partial charge in [0, 0.05) is 55.2 Å². The number of nitrogens with one attached hydrogen (secondary N) is 2. The first-order chi connectivity index (χ1) is 17.5. The average Bonchev–Trinajstić information content (AvgIpc) is 2.85. The molecule has 192 valence electrons. The van der Waals surface area contributed by atoms with Crippen LogP contribution in [0.5, 0.6) is 5.75 Å². The molecule has 0 saturated heterocycles. The second-order valence-electron chi connectivity index (χ2n) is 8.27. The number of carbonyl (C=O) groups is 3. The second kappa shape index (κ2) is 11.3. The predicted octanol–water partition coefficient (Wildman–Crippen LogP) is 1.79. The summed E-state index contributed by atoms with van der Waals surface area (Å²) in [5, 5.41) is 14.6. The minimum Gasteiger partial charge on any atom is -0.482 e. The molecule has 37 heavy (non-hydrogen) atoms. The normalized spacial score (nSPS) is 16.0. The number of nitriles is 1. The summed E-state index contributed by atoms with van der Waals surface area (Å²) in [4.78, 5) is 46.5. The number of benzene rings is 1. The number of rotatable bonds is 4. The van der Waals surface area contributed by atoms with Gasteiger partial charge in [0.15, 0.2) is 11.6 Å². The number of ether oxygens (including phenoxy) is 1. The third-order valence-corrected chi connectivity index (χ3v) is 5.52. The van der Waals surface area contributed by atoms with E-state index < -0.39 is 23.7 Å². The largest absolute Gasteiger partial charge is 0.482 e. The minimum absolute atomic E-state index is 0.00104. The number of carbonyl (C=O) groups excluding carboxylic acids is 3. The van der Waals surface area contributed by atoms with Crippen molar-refractivity contribution < 1.29 is 23.5 Å². The number of pyridine rings is 1. The molecule has 0 saturated carbocycles. The molecule has 0 spiro atoms. The Bertz CT molecular complexity index is 1360. The van der Waals surface area contributed by atoms with Crippen LogP contribution in [-0.2, 0) is 9.59 Å². The highest BCUT2D eigenvalue weighted by Gasteiger charge is 2.26. The van der Waals surface area contributed by atoms with E-state index in [0.717, 1.165) is 0 Å². The molecule has 1 aromatic heterocycles. The number of anilines is 1. The van der Waals surface area contributed by atoms with Gasteiger partial charge in [-0.2, -0.15) is 5.26 Å². The fourth-order valence-electron chi connectivity index (χ4n) is 3.77. The van der Waals surface area contributed by atoms with Crippen LogP contribution < -0.4 is 21.1 Å². The molecule has 11 nitrogen and oxygen atoms in total. The zero-order valence-corrected chi connectivity index (χ0v) is 20.8. The van der Waals surface area contributed by atoms with Crippen molar-refractivity contribution in [3.8, 4) is 11.8 Å². The third-order valence-electron chi connectivity index (χ3n) is 5.52. The Morgan fingerprint density at radius 3 is 2.76 bits per heavy atom. The van der Waals surface area contributed by atoms with E-state index in [2.05, 4.69) is 20.6 Å². The van der Waals surface area contributed by atoms with Crippen molar-refractivity contribution in [3.05, 3.63) is 58.7 Å². The predicted molar refractivity (Wildman–Crippen MR) is 134 cm³/mol. The van der Waals surface area contributed by atoms with Crippen molar-refractivity contribution in [1.29, 1.82) is 5.26 Å². The smallest absolute Gasteiger partial charge is 0.254 e.